The Morgan fingerprint density at radius 1 is 1.12 bits per heavy atom. The summed E-state index contributed by atoms with van der Waals surface area (Å²) in [5.74, 6) is -1.30. The van der Waals surface area contributed by atoms with Crippen molar-refractivity contribution in [2.24, 2.45) is 0 Å². The minimum Gasteiger partial charge on any atom is -0.350 e. The smallest absolute Gasteiger partial charge is 0.350 e. The van der Waals surface area contributed by atoms with Crippen molar-refractivity contribution in [3.63, 3.8) is 0 Å². The third-order valence-corrected chi connectivity index (χ3v) is 3.44. The number of halogens is 4. The van der Waals surface area contributed by atoms with E-state index in [2.05, 4.69) is 15.6 Å². The zero-order valence-electron chi connectivity index (χ0n) is 13.8. The van der Waals surface area contributed by atoms with Crippen LogP contribution in [0.2, 0.25) is 5.02 Å². The van der Waals surface area contributed by atoms with E-state index in [9.17, 15) is 22.8 Å². The van der Waals surface area contributed by atoms with Crippen LogP contribution in [-0.4, -0.2) is 22.8 Å². The Balaban J connectivity index is 2.28. The third kappa shape index (κ3) is 4.95. The molecule has 1 aromatic heterocycles. The molecule has 138 valence electrons. The first-order valence-corrected chi connectivity index (χ1v) is 7.90. The van der Waals surface area contributed by atoms with Crippen molar-refractivity contribution in [2.75, 3.05) is 5.32 Å². The Hall–Kier alpha value is -2.61. The molecule has 0 atom stereocenters. The lowest BCUT2D eigenvalue weighted by Gasteiger charge is -2.14. The molecular formula is C17H15ClF3N3O2. The van der Waals surface area contributed by atoms with E-state index in [1.165, 1.54) is 24.4 Å². The number of rotatable bonds is 4. The van der Waals surface area contributed by atoms with Crippen LogP contribution in [0.3, 0.4) is 0 Å². The van der Waals surface area contributed by atoms with Gasteiger partial charge in [0.2, 0.25) is 0 Å². The van der Waals surface area contributed by atoms with Crippen LogP contribution in [0.1, 0.15) is 40.3 Å². The zero-order valence-corrected chi connectivity index (χ0v) is 14.6. The van der Waals surface area contributed by atoms with Gasteiger partial charge in [0.05, 0.1) is 11.3 Å². The van der Waals surface area contributed by atoms with Gasteiger partial charge in [0.1, 0.15) is 5.69 Å². The quantitative estimate of drug-likeness (QED) is 0.830. The average molecular weight is 386 g/mol. The fourth-order valence-corrected chi connectivity index (χ4v) is 2.26. The van der Waals surface area contributed by atoms with Gasteiger partial charge < -0.3 is 10.6 Å². The number of aromatic nitrogens is 1. The molecule has 2 N–H and O–H groups in total. The Kier molecular flexibility index (Phi) is 5.86. The first-order valence-electron chi connectivity index (χ1n) is 7.53. The molecule has 0 radical (unpaired) electrons. The lowest BCUT2D eigenvalue weighted by atomic mass is 10.1. The van der Waals surface area contributed by atoms with Gasteiger partial charge in [0, 0.05) is 22.8 Å². The molecule has 9 heteroatoms. The second-order valence-electron chi connectivity index (χ2n) is 5.70. The van der Waals surface area contributed by atoms with E-state index >= 15 is 0 Å². The van der Waals surface area contributed by atoms with Crippen LogP contribution in [0.25, 0.3) is 0 Å². The van der Waals surface area contributed by atoms with Crippen molar-refractivity contribution < 1.29 is 22.8 Å². The predicted octanol–water partition coefficient (Wildman–Crippen LogP) is 4.14. The van der Waals surface area contributed by atoms with Crippen molar-refractivity contribution in [1.82, 2.24) is 10.3 Å². The summed E-state index contributed by atoms with van der Waals surface area (Å²) in [6, 6.07) is 5.49. The zero-order chi connectivity index (χ0) is 19.5. The maximum Gasteiger partial charge on any atom is 0.418 e. The van der Waals surface area contributed by atoms with Crippen LogP contribution in [0.4, 0.5) is 18.9 Å². The van der Waals surface area contributed by atoms with Crippen molar-refractivity contribution in [1.29, 1.82) is 0 Å². The summed E-state index contributed by atoms with van der Waals surface area (Å²) in [6.45, 7) is 3.54. The summed E-state index contributed by atoms with van der Waals surface area (Å²) in [5, 5.41) is 4.69. The van der Waals surface area contributed by atoms with E-state index in [-0.39, 0.29) is 22.3 Å². The molecule has 2 aromatic rings. The number of pyridine rings is 1. The largest absolute Gasteiger partial charge is 0.418 e. The van der Waals surface area contributed by atoms with E-state index in [0.29, 0.717) is 0 Å². The predicted molar refractivity (Wildman–Crippen MR) is 91.2 cm³/mol. The molecule has 26 heavy (non-hydrogen) atoms. The SMILES string of the molecule is CC(C)NC(=O)c1ccnc(C(=O)Nc2ccc(Cl)cc2C(F)(F)F)c1. The molecule has 1 aromatic carbocycles. The van der Waals surface area contributed by atoms with Gasteiger partial charge in [-0.15, -0.1) is 0 Å². The van der Waals surface area contributed by atoms with E-state index in [1.54, 1.807) is 13.8 Å². The van der Waals surface area contributed by atoms with E-state index in [4.69, 9.17) is 11.6 Å². The second-order valence-corrected chi connectivity index (χ2v) is 6.14. The number of carbonyl (C=O) groups is 2. The van der Waals surface area contributed by atoms with Crippen molar-refractivity contribution in [3.8, 4) is 0 Å². The monoisotopic (exact) mass is 385 g/mol. The van der Waals surface area contributed by atoms with Gasteiger partial charge in [-0.3, -0.25) is 14.6 Å². The van der Waals surface area contributed by atoms with Crippen LogP contribution in [0.5, 0.6) is 0 Å². The van der Waals surface area contributed by atoms with E-state index < -0.39 is 29.2 Å². The Labute approximate surface area is 152 Å². The Morgan fingerprint density at radius 2 is 1.81 bits per heavy atom. The molecule has 1 heterocycles. The molecule has 0 bridgehead atoms. The number of alkyl halides is 3. The highest BCUT2D eigenvalue weighted by molar-refractivity contribution is 6.30. The minimum absolute atomic E-state index is 0.110. The molecule has 2 amide bonds. The summed E-state index contributed by atoms with van der Waals surface area (Å²) >= 11 is 5.60. The molecule has 0 unspecified atom stereocenters. The molecule has 0 aliphatic heterocycles. The molecule has 0 aliphatic carbocycles. The fraction of sp³-hybridized carbons (Fsp3) is 0.235. The van der Waals surface area contributed by atoms with Crippen molar-refractivity contribution >= 4 is 29.1 Å². The number of nitrogens with one attached hydrogen (secondary N) is 2. The summed E-state index contributed by atoms with van der Waals surface area (Å²) in [5.41, 5.74) is -1.55. The summed E-state index contributed by atoms with van der Waals surface area (Å²) in [7, 11) is 0. The number of amides is 2. The van der Waals surface area contributed by atoms with Crippen LogP contribution in [0.15, 0.2) is 36.5 Å². The molecule has 0 saturated heterocycles. The molecule has 0 fully saturated rings. The van der Waals surface area contributed by atoms with Gasteiger partial charge in [0.25, 0.3) is 11.8 Å². The second kappa shape index (κ2) is 7.74. The highest BCUT2D eigenvalue weighted by Crippen LogP contribution is 2.36. The number of carbonyl (C=O) groups excluding carboxylic acids is 2. The Morgan fingerprint density at radius 3 is 2.42 bits per heavy atom. The number of benzene rings is 1. The van der Waals surface area contributed by atoms with E-state index in [1.807, 2.05) is 0 Å². The summed E-state index contributed by atoms with van der Waals surface area (Å²) in [4.78, 5) is 28.1. The molecule has 5 nitrogen and oxygen atoms in total. The lowest BCUT2D eigenvalue weighted by Crippen LogP contribution is -2.30. The average Bonchev–Trinajstić information content (AvgIpc) is 2.55. The van der Waals surface area contributed by atoms with Gasteiger partial charge in [0.15, 0.2) is 0 Å². The minimum atomic E-state index is -4.69. The molecule has 0 spiro atoms. The maximum atomic E-state index is 13.1. The fourth-order valence-electron chi connectivity index (χ4n) is 2.09. The number of hydrogen-bond acceptors (Lipinski definition) is 3. The summed E-state index contributed by atoms with van der Waals surface area (Å²) < 4.78 is 39.3. The first-order chi connectivity index (χ1) is 12.1. The lowest BCUT2D eigenvalue weighted by molar-refractivity contribution is -0.136. The number of nitrogens with zero attached hydrogens (tertiary/aromatic N) is 1. The highest BCUT2D eigenvalue weighted by Gasteiger charge is 2.34. The van der Waals surface area contributed by atoms with Crippen LogP contribution >= 0.6 is 11.6 Å². The van der Waals surface area contributed by atoms with Crippen LogP contribution < -0.4 is 10.6 Å². The number of anilines is 1. The van der Waals surface area contributed by atoms with Gasteiger partial charge in [-0.1, -0.05) is 11.6 Å². The van der Waals surface area contributed by atoms with E-state index in [0.717, 1.165) is 12.1 Å². The number of hydrogen-bond donors (Lipinski definition) is 2. The van der Waals surface area contributed by atoms with Gasteiger partial charge in [-0.25, -0.2) is 0 Å². The summed E-state index contributed by atoms with van der Waals surface area (Å²) in [6.07, 6.45) is -3.46. The van der Waals surface area contributed by atoms with Gasteiger partial charge in [-0.05, 0) is 44.2 Å². The van der Waals surface area contributed by atoms with Gasteiger partial charge >= 0.3 is 6.18 Å². The van der Waals surface area contributed by atoms with Crippen molar-refractivity contribution in [3.05, 3.63) is 58.4 Å². The van der Waals surface area contributed by atoms with Gasteiger partial charge in [-0.2, -0.15) is 13.2 Å². The normalized spacial score (nSPS) is 11.3. The highest BCUT2D eigenvalue weighted by atomic mass is 35.5. The molecule has 0 aliphatic rings. The Bertz CT molecular complexity index is 838. The molecule has 0 saturated carbocycles. The van der Waals surface area contributed by atoms with Crippen molar-refractivity contribution in [2.45, 2.75) is 26.1 Å². The molecule has 2 rings (SSSR count). The van der Waals surface area contributed by atoms with Crippen LogP contribution in [-0.2, 0) is 6.18 Å². The topological polar surface area (TPSA) is 71.1 Å². The first kappa shape index (κ1) is 19.7. The molecular weight excluding hydrogens is 371 g/mol. The van der Waals surface area contributed by atoms with Crippen LogP contribution in [0, 0.1) is 0 Å². The maximum absolute atomic E-state index is 13.1. The standard InChI is InChI=1S/C17H15ClF3N3O2/c1-9(2)23-15(25)10-5-6-22-14(7-10)16(26)24-13-4-3-11(18)8-12(13)17(19,20)21/h3-9H,1-2H3,(H,23,25)(H,24,26). The third-order valence-electron chi connectivity index (χ3n) is 3.21.